The molecule has 160 valence electrons. The van der Waals surface area contributed by atoms with Crippen LogP contribution in [0.4, 0.5) is 10.6 Å². The van der Waals surface area contributed by atoms with Gasteiger partial charge in [-0.05, 0) is 35.2 Å². The van der Waals surface area contributed by atoms with Crippen molar-refractivity contribution in [3.63, 3.8) is 0 Å². The van der Waals surface area contributed by atoms with Crippen LogP contribution in [0.1, 0.15) is 34.4 Å². The zero-order chi connectivity index (χ0) is 22.0. The molecule has 1 aliphatic carbocycles. The van der Waals surface area contributed by atoms with Crippen molar-refractivity contribution in [1.82, 2.24) is 10.3 Å². The van der Waals surface area contributed by atoms with Gasteiger partial charge in [-0.2, -0.15) is 0 Å². The van der Waals surface area contributed by atoms with Crippen LogP contribution in [-0.4, -0.2) is 40.5 Å². The number of aliphatic hydroxyl groups excluding tert-OH is 2. The SMILES string of the molecule is Cc1nc(N)ccc1C(O)C(O)CNC(=O)OCC1c2ccccc2-c2ccccc21. The summed E-state index contributed by atoms with van der Waals surface area (Å²) in [5.74, 6) is 0.289. The van der Waals surface area contributed by atoms with Crippen molar-refractivity contribution in [2.75, 3.05) is 18.9 Å². The van der Waals surface area contributed by atoms with Gasteiger partial charge in [0.05, 0.1) is 0 Å². The number of aliphatic hydroxyl groups is 2. The van der Waals surface area contributed by atoms with E-state index in [0.29, 0.717) is 17.1 Å². The predicted molar refractivity (Wildman–Crippen MR) is 117 cm³/mol. The number of nitrogens with two attached hydrogens (primary N) is 1. The quantitative estimate of drug-likeness (QED) is 0.488. The number of aromatic nitrogens is 1. The van der Waals surface area contributed by atoms with Crippen molar-refractivity contribution < 1.29 is 19.7 Å². The molecular formula is C24H25N3O4. The van der Waals surface area contributed by atoms with Crippen LogP contribution in [0.15, 0.2) is 60.7 Å². The van der Waals surface area contributed by atoms with Crippen LogP contribution in [0.5, 0.6) is 0 Å². The van der Waals surface area contributed by atoms with E-state index in [1.807, 2.05) is 36.4 Å². The summed E-state index contributed by atoms with van der Waals surface area (Å²) in [7, 11) is 0. The van der Waals surface area contributed by atoms with E-state index in [1.165, 1.54) is 0 Å². The van der Waals surface area contributed by atoms with E-state index in [2.05, 4.69) is 22.4 Å². The molecule has 1 aromatic heterocycles. The largest absolute Gasteiger partial charge is 0.449 e. The second kappa shape index (κ2) is 8.75. The second-order valence-corrected chi connectivity index (χ2v) is 7.63. The Labute approximate surface area is 180 Å². The van der Waals surface area contributed by atoms with Gasteiger partial charge in [0.2, 0.25) is 0 Å². The summed E-state index contributed by atoms with van der Waals surface area (Å²) in [5.41, 5.74) is 11.1. The summed E-state index contributed by atoms with van der Waals surface area (Å²) >= 11 is 0. The van der Waals surface area contributed by atoms with Crippen LogP contribution in [0.25, 0.3) is 11.1 Å². The molecule has 2 aromatic carbocycles. The molecule has 5 N–H and O–H groups in total. The van der Waals surface area contributed by atoms with Gasteiger partial charge >= 0.3 is 6.09 Å². The van der Waals surface area contributed by atoms with E-state index in [1.54, 1.807) is 19.1 Å². The van der Waals surface area contributed by atoms with Crippen LogP contribution in [0.2, 0.25) is 0 Å². The maximum absolute atomic E-state index is 12.2. The highest BCUT2D eigenvalue weighted by Crippen LogP contribution is 2.44. The molecule has 0 saturated heterocycles. The van der Waals surface area contributed by atoms with E-state index in [4.69, 9.17) is 10.5 Å². The first-order valence-corrected chi connectivity index (χ1v) is 10.1. The predicted octanol–water partition coefficient (Wildman–Crippen LogP) is 2.91. The number of nitrogens with zero attached hydrogens (tertiary/aromatic N) is 1. The van der Waals surface area contributed by atoms with Crippen molar-refractivity contribution in [2.24, 2.45) is 0 Å². The summed E-state index contributed by atoms with van der Waals surface area (Å²) in [4.78, 5) is 16.3. The van der Waals surface area contributed by atoms with Crippen molar-refractivity contribution in [3.05, 3.63) is 83.0 Å². The third-order valence-corrected chi connectivity index (χ3v) is 5.63. The molecule has 1 aliphatic rings. The van der Waals surface area contributed by atoms with Crippen molar-refractivity contribution in [1.29, 1.82) is 0 Å². The first-order chi connectivity index (χ1) is 15.0. The average molecular weight is 419 g/mol. The number of hydrogen-bond acceptors (Lipinski definition) is 6. The lowest BCUT2D eigenvalue weighted by atomic mass is 9.98. The van der Waals surface area contributed by atoms with E-state index in [-0.39, 0.29) is 19.1 Å². The highest BCUT2D eigenvalue weighted by atomic mass is 16.5. The summed E-state index contributed by atoms with van der Waals surface area (Å²) in [6.45, 7) is 1.71. The third-order valence-electron chi connectivity index (χ3n) is 5.63. The lowest BCUT2D eigenvalue weighted by Crippen LogP contribution is -2.36. The highest BCUT2D eigenvalue weighted by molar-refractivity contribution is 5.79. The Hall–Kier alpha value is -3.42. The van der Waals surface area contributed by atoms with Gasteiger partial charge < -0.3 is 26.0 Å². The Morgan fingerprint density at radius 3 is 2.29 bits per heavy atom. The van der Waals surface area contributed by atoms with Crippen molar-refractivity contribution >= 4 is 11.9 Å². The number of aryl methyl sites for hydroxylation is 1. The van der Waals surface area contributed by atoms with Crippen molar-refractivity contribution in [3.8, 4) is 11.1 Å². The lowest BCUT2D eigenvalue weighted by Gasteiger charge is -2.20. The summed E-state index contributed by atoms with van der Waals surface area (Å²) < 4.78 is 5.44. The number of rotatable bonds is 6. The molecule has 0 spiro atoms. The summed E-state index contributed by atoms with van der Waals surface area (Å²) in [6, 6.07) is 19.3. The number of fused-ring (bicyclic) bond motifs is 3. The smallest absolute Gasteiger partial charge is 0.407 e. The molecule has 0 bridgehead atoms. The van der Waals surface area contributed by atoms with E-state index < -0.39 is 18.3 Å². The molecule has 7 heteroatoms. The van der Waals surface area contributed by atoms with E-state index >= 15 is 0 Å². The number of nitrogen functional groups attached to an aromatic ring is 1. The van der Waals surface area contributed by atoms with E-state index in [9.17, 15) is 15.0 Å². The fourth-order valence-corrected chi connectivity index (χ4v) is 4.06. The Morgan fingerprint density at radius 1 is 1.06 bits per heavy atom. The Morgan fingerprint density at radius 2 is 1.68 bits per heavy atom. The summed E-state index contributed by atoms with van der Waals surface area (Å²) in [6.07, 6.45) is -3.08. The number of carbonyl (C=O) groups is 1. The Kier molecular flexibility index (Phi) is 5.88. The molecule has 4 rings (SSSR count). The maximum atomic E-state index is 12.2. The molecule has 3 aromatic rings. The van der Waals surface area contributed by atoms with Crippen LogP contribution in [0, 0.1) is 6.92 Å². The fourth-order valence-electron chi connectivity index (χ4n) is 4.06. The molecule has 31 heavy (non-hydrogen) atoms. The highest BCUT2D eigenvalue weighted by Gasteiger charge is 2.29. The van der Waals surface area contributed by atoms with Crippen LogP contribution >= 0.6 is 0 Å². The van der Waals surface area contributed by atoms with Gasteiger partial charge in [-0.25, -0.2) is 9.78 Å². The Balaban J connectivity index is 1.35. The number of alkyl carbamates (subject to hydrolysis) is 1. The van der Waals surface area contributed by atoms with Crippen molar-refractivity contribution in [2.45, 2.75) is 25.0 Å². The molecule has 2 unspecified atom stereocenters. The van der Waals surface area contributed by atoms with Gasteiger partial charge in [-0.1, -0.05) is 54.6 Å². The monoisotopic (exact) mass is 419 g/mol. The van der Waals surface area contributed by atoms with Crippen LogP contribution < -0.4 is 11.1 Å². The first-order valence-electron chi connectivity index (χ1n) is 10.1. The number of benzene rings is 2. The van der Waals surface area contributed by atoms with Gasteiger partial charge in [0.1, 0.15) is 24.6 Å². The maximum Gasteiger partial charge on any atom is 0.407 e. The number of pyridine rings is 1. The minimum atomic E-state index is -1.22. The second-order valence-electron chi connectivity index (χ2n) is 7.63. The summed E-state index contributed by atoms with van der Waals surface area (Å²) in [5, 5.41) is 23.2. The number of hydrogen-bond donors (Lipinski definition) is 4. The number of nitrogens with one attached hydrogen (secondary N) is 1. The first kappa shape index (κ1) is 20.8. The fraction of sp³-hybridized carbons (Fsp3) is 0.250. The van der Waals surface area contributed by atoms with Crippen LogP contribution in [-0.2, 0) is 4.74 Å². The normalized spacial score (nSPS) is 14.4. The molecule has 0 fully saturated rings. The average Bonchev–Trinajstić information content (AvgIpc) is 3.09. The number of anilines is 1. The molecule has 2 atom stereocenters. The standard InChI is InChI=1S/C24H25N3O4/c1-14-15(10-11-22(25)27-14)23(29)21(28)12-26-24(30)31-13-20-18-8-4-2-6-16(18)17-7-3-5-9-19(17)20/h2-11,20-21,23,28-29H,12-13H2,1H3,(H2,25,27)(H,26,30). The molecule has 0 aliphatic heterocycles. The Bertz CT molecular complexity index is 1060. The molecule has 1 amide bonds. The third kappa shape index (κ3) is 4.23. The molecule has 1 heterocycles. The van der Waals surface area contributed by atoms with Gasteiger partial charge in [-0.3, -0.25) is 0 Å². The molecular weight excluding hydrogens is 394 g/mol. The minimum absolute atomic E-state index is 0.0443. The number of carbonyl (C=O) groups excluding carboxylic acids is 1. The zero-order valence-corrected chi connectivity index (χ0v) is 17.2. The number of ether oxygens (including phenoxy) is 1. The lowest BCUT2D eigenvalue weighted by molar-refractivity contribution is 0.0180. The minimum Gasteiger partial charge on any atom is -0.449 e. The van der Waals surface area contributed by atoms with Gasteiger partial charge in [0.15, 0.2) is 0 Å². The van der Waals surface area contributed by atoms with E-state index in [0.717, 1.165) is 22.3 Å². The molecule has 0 radical (unpaired) electrons. The molecule has 0 saturated carbocycles. The zero-order valence-electron chi connectivity index (χ0n) is 17.2. The van der Waals surface area contributed by atoms with Gasteiger partial charge in [-0.15, -0.1) is 0 Å². The van der Waals surface area contributed by atoms with Gasteiger partial charge in [0, 0.05) is 23.7 Å². The topological polar surface area (TPSA) is 118 Å². The van der Waals surface area contributed by atoms with Gasteiger partial charge in [0.25, 0.3) is 0 Å². The molecule has 7 nitrogen and oxygen atoms in total. The van der Waals surface area contributed by atoms with Crippen LogP contribution in [0.3, 0.4) is 0 Å². The number of amides is 1.